The van der Waals surface area contributed by atoms with Crippen molar-refractivity contribution in [3.8, 4) is 0 Å². The van der Waals surface area contributed by atoms with E-state index < -0.39 is 30.3 Å². The smallest absolute Gasteiger partial charge is 0.355 e. The third-order valence-electron chi connectivity index (χ3n) is 3.81. The molecule has 2 rings (SSSR count). The number of hydrogen-bond donors (Lipinski definition) is 2. The highest BCUT2D eigenvalue weighted by molar-refractivity contribution is 9.10. The lowest BCUT2D eigenvalue weighted by Crippen LogP contribution is -2.22. The van der Waals surface area contributed by atoms with E-state index in [1.54, 1.807) is 13.0 Å². The minimum absolute atomic E-state index is 0.0310. The normalized spacial score (nSPS) is 10.4. The summed E-state index contributed by atoms with van der Waals surface area (Å²) in [5.74, 6) is -2.69. The largest absolute Gasteiger partial charge is 0.465 e. The van der Waals surface area contributed by atoms with Gasteiger partial charge in [-0.05, 0) is 37.1 Å². The number of nitrogens with one attached hydrogen (secondary N) is 2. The average Bonchev–Trinajstić information content (AvgIpc) is 2.98. The van der Waals surface area contributed by atoms with Crippen LogP contribution in [0.5, 0.6) is 0 Å². The second-order valence-corrected chi connectivity index (χ2v) is 6.49. The summed E-state index contributed by atoms with van der Waals surface area (Å²) in [6.45, 7) is 2.78. The van der Waals surface area contributed by atoms with Crippen molar-refractivity contribution < 1.29 is 28.2 Å². The molecule has 0 aliphatic heterocycles. The van der Waals surface area contributed by atoms with Crippen LogP contribution in [-0.4, -0.2) is 36.5 Å². The number of H-pyrrole nitrogens is 1. The second-order valence-electron chi connectivity index (χ2n) is 5.57. The number of ether oxygens (including phenoxy) is 2. The summed E-state index contributed by atoms with van der Waals surface area (Å²) in [6, 6.07) is 4.14. The van der Waals surface area contributed by atoms with Crippen molar-refractivity contribution in [1.29, 1.82) is 0 Å². The van der Waals surface area contributed by atoms with Gasteiger partial charge in [0.1, 0.15) is 11.5 Å². The number of anilines is 1. The van der Waals surface area contributed by atoms with Crippen LogP contribution in [0.25, 0.3) is 0 Å². The number of carbonyl (C=O) groups is 3. The fourth-order valence-electron chi connectivity index (χ4n) is 2.49. The van der Waals surface area contributed by atoms with Gasteiger partial charge in [-0.1, -0.05) is 22.9 Å². The highest BCUT2D eigenvalue weighted by Crippen LogP contribution is 2.21. The first-order valence-electron chi connectivity index (χ1n) is 8.00. The Hall–Kier alpha value is -2.68. The molecule has 0 atom stereocenters. The molecule has 0 spiro atoms. The van der Waals surface area contributed by atoms with E-state index in [4.69, 9.17) is 9.47 Å². The topological polar surface area (TPSA) is 97.5 Å². The molecule has 0 saturated carbocycles. The van der Waals surface area contributed by atoms with E-state index in [-0.39, 0.29) is 16.9 Å². The Balaban J connectivity index is 2.06. The number of methoxy groups -OCH3 is 1. The number of rotatable bonds is 6. The molecule has 9 heteroatoms. The Labute approximate surface area is 163 Å². The molecule has 1 amide bonds. The Morgan fingerprint density at radius 3 is 2.56 bits per heavy atom. The van der Waals surface area contributed by atoms with Crippen LogP contribution in [0.3, 0.4) is 0 Å². The molecule has 1 heterocycles. The van der Waals surface area contributed by atoms with Gasteiger partial charge in [-0.2, -0.15) is 0 Å². The molecule has 1 aromatic heterocycles. The van der Waals surface area contributed by atoms with Gasteiger partial charge in [-0.15, -0.1) is 0 Å². The summed E-state index contributed by atoms with van der Waals surface area (Å²) < 4.78 is 23.9. The van der Waals surface area contributed by atoms with E-state index in [0.29, 0.717) is 22.2 Å². The van der Waals surface area contributed by atoms with Crippen molar-refractivity contribution in [2.75, 3.05) is 19.0 Å². The van der Waals surface area contributed by atoms with Crippen LogP contribution in [0.1, 0.15) is 39.0 Å². The van der Waals surface area contributed by atoms with E-state index >= 15 is 0 Å². The average molecular weight is 441 g/mol. The molecule has 0 aliphatic rings. The monoisotopic (exact) mass is 440 g/mol. The lowest BCUT2D eigenvalue weighted by atomic mass is 10.1. The molecule has 0 bridgehead atoms. The lowest BCUT2D eigenvalue weighted by molar-refractivity contribution is -0.119. The summed E-state index contributed by atoms with van der Waals surface area (Å²) in [4.78, 5) is 38.9. The summed E-state index contributed by atoms with van der Waals surface area (Å²) in [6.07, 6.45) is 0.474. The molecular formula is C18H18BrFN2O5. The van der Waals surface area contributed by atoms with Gasteiger partial charge in [-0.3, -0.25) is 4.79 Å². The highest BCUT2D eigenvalue weighted by Gasteiger charge is 2.25. The number of halogens is 2. The zero-order valence-corrected chi connectivity index (χ0v) is 16.5. The van der Waals surface area contributed by atoms with Crippen molar-refractivity contribution in [1.82, 2.24) is 4.98 Å². The summed E-state index contributed by atoms with van der Waals surface area (Å²) in [7, 11) is 1.25. The highest BCUT2D eigenvalue weighted by atomic mass is 79.9. The number of carbonyl (C=O) groups excluding carboxylic acids is 3. The SMILES string of the molecule is CCc1[nH]c(C(=O)OCC(=O)Nc2ccc(Br)cc2F)c(C)c1C(=O)OC. The van der Waals surface area contributed by atoms with E-state index in [0.717, 1.165) is 0 Å². The van der Waals surface area contributed by atoms with Crippen molar-refractivity contribution >= 4 is 39.5 Å². The van der Waals surface area contributed by atoms with Gasteiger partial charge in [0, 0.05) is 10.2 Å². The van der Waals surface area contributed by atoms with Gasteiger partial charge in [0.15, 0.2) is 6.61 Å². The first-order chi connectivity index (χ1) is 12.8. The van der Waals surface area contributed by atoms with Crippen LogP contribution in [0.4, 0.5) is 10.1 Å². The Bertz CT molecular complexity index is 894. The first kappa shape index (κ1) is 20.6. The number of hydrogen-bond acceptors (Lipinski definition) is 5. The van der Waals surface area contributed by atoms with Gasteiger partial charge >= 0.3 is 11.9 Å². The first-order valence-corrected chi connectivity index (χ1v) is 8.79. The van der Waals surface area contributed by atoms with Crippen LogP contribution in [0.2, 0.25) is 0 Å². The number of aromatic nitrogens is 1. The van der Waals surface area contributed by atoms with E-state index in [1.165, 1.54) is 19.2 Å². The number of amides is 1. The third-order valence-corrected chi connectivity index (χ3v) is 4.31. The molecular weight excluding hydrogens is 423 g/mol. The standard InChI is InChI=1S/C18H18BrFN2O5/c1-4-12-15(17(24)26-3)9(2)16(22-12)18(25)27-8-14(23)21-13-6-5-10(19)7-11(13)20/h5-7,22H,4,8H2,1-3H3,(H,21,23). The minimum atomic E-state index is -0.802. The van der Waals surface area contributed by atoms with Crippen LogP contribution in [-0.2, 0) is 20.7 Å². The molecule has 0 fully saturated rings. The molecule has 7 nitrogen and oxygen atoms in total. The van der Waals surface area contributed by atoms with Crippen LogP contribution >= 0.6 is 15.9 Å². The fraction of sp³-hybridized carbons (Fsp3) is 0.278. The number of benzene rings is 1. The molecule has 144 valence electrons. The number of aromatic amines is 1. The molecule has 2 N–H and O–H groups in total. The summed E-state index contributed by atoms with van der Waals surface area (Å²) >= 11 is 3.12. The maximum absolute atomic E-state index is 13.7. The quantitative estimate of drug-likeness (QED) is 0.671. The maximum atomic E-state index is 13.7. The predicted molar refractivity (Wildman–Crippen MR) is 99.3 cm³/mol. The van der Waals surface area contributed by atoms with Gasteiger partial charge < -0.3 is 19.8 Å². The fourth-order valence-corrected chi connectivity index (χ4v) is 2.82. The minimum Gasteiger partial charge on any atom is -0.465 e. The molecule has 0 unspecified atom stereocenters. The Morgan fingerprint density at radius 1 is 1.26 bits per heavy atom. The summed E-state index contributed by atoms with van der Waals surface area (Å²) in [5, 5.41) is 2.32. The molecule has 0 radical (unpaired) electrons. The van der Waals surface area contributed by atoms with Crippen LogP contribution in [0.15, 0.2) is 22.7 Å². The second kappa shape index (κ2) is 8.81. The number of aryl methyl sites for hydroxylation is 1. The molecule has 2 aromatic rings. The third kappa shape index (κ3) is 4.73. The van der Waals surface area contributed by atoms with E-state index in [1.807, 2.05) is 6.92 Å². The van der Waals surface area contributed by atoms with Crippen molar-refractivity contribution in [3.63, 3.8) is 0 Å². The predicted octanol–water partition coefficient (Wildman–Crippen LogP) is 3.37. The van der Waals surface area contributed by atoms with Crippen LogP contribution < -0.4 is 5.32 Å². The van der Waals surface area contributed by atoms with Gasteiger partial charge in [-0.25, -0.2) is 14.0 Å². The van der Waals surface area contributed by atoms with Crippen molar-refractivity contribution in [3.05, 3.63) is 51.0 Å². The Kier molecular flexibility index (Phi) is 6.73. The summed E-state index contributed by atoms with van der Waals surface area (Å²) in [5.41, 5.74) is 1.22. The van der Waals surface area contributed by atoms with Crippen molar-refractivity contribution in [2.24, 2.45) is 0 Å². The molecule has 27 heavy (non-hydrogen) atoms. The Morgan fingerprint density at radius 2 is 1.96 bits per heavy atom. The van der Waals surface area contributed by atoms with E-state index in [2.05, 4.69) is 26.2 Å². The van der Waals surface area contributed by atoms with Gasteiger partial charge in [0.25, 0.3) is 5.91 Å². The van der Waals surface area contributed by atoms with Gasteiger partial charge in [0.2, 0.25) is 0 Å². The van der Waals surface area contributed by atoms with Gasteiger partial charge in [0.05, 0.1) is 18.4 Å². The molecule has 1 aromatic carbocycles. The molecule has 0 saturated heterocycles. The maximum Gasteiger partial charge on any atom is 0.355 e. The zero-order valence-electron chi connectivity index (χ0n) is 14.9. The van der Waals surface area contributed by atoms with Crippen molar-refractivity contribution in [2.45, 2.75) is 20.3 Å². The van der Waals surface area contributed by atoms with Crippen LogP contribution in [0, 0.1) is 12.7 Å². The van der Waals surface area contributed by atoms with E-state index in [9.17, 15) is 18.8 Å². The molecule has 0 aliphatic carbocycles. The number of esters is 2. The zero-order chi connectivity index (χ0) is 20.1. The lowest BCUT2D eigenvalue weighted by Gasteiger charge is -2.07.